The molecule has 0 radical (unpaired) electrons. The van der Waals surface area contributed by atoms with Crippen molar-refractivity contribution in [3.05, 3.63) is 46.2 Å². The van der Waals surface area contributed by atoms with Gasteiger partial charge in [0.15, 0.2) is 0 Å². The minimum Gasteiger partial charge on any atom is -0.325 e. The molecule has 0 bridgehead atoms. The van der Waals surface area contributed by atoms with E-state index in [-0.39, 0.29) is 24.3 Å². The van der Waals surface area contributed by atoms with Crippen molar-refractivity contribution in [1.29, 1.82) is 0 Å². The van der Waals surface area contributed by atoms with Crippen LogP contribution in [-0.2, 0) is 4.79 Å². The Bertz CT molecular complexity index is 582. The predicted octanol–water partition coefficient (Wildman–Crippen LogP) is 2.88. The van der Waals surface area contributed by atoms with Crippen molar-refractivity contribution >= 4 is 22.9 Å². The van der Waals surface area contributed by atoms with Crippen LogP contribution in [0.2, 0.25) is 0 Å². The van der Waals surface area contributed by atoms with Crippen LogP contribution >= 0.6 is 11.3 Å². The lowest BCUT2D eigenvalue weighted by Crippen LogP contribution is -2.30. The Morgan fingerprint density at radius 3 is 2.70 bits per heavy atom. The Balaban J connectivity index is 1.81. The molecule has 0 aliphatic carbocycles. The number of carbonyl (C=O) groups is 1. The molecule has 2 N–H and O–H groups in total. The largest absolute Gasteiger partial charge is 0.325 e. The quantitative estimate of drug-likeness (QED) is 0.891. The lowest BCUT2D eigenvalue weighted by atomic mass is 10.3. The number of anilines is 1. The molecule has 0 saturated carbocycles. The first-order valence-electron chi connectivity index (χ1n) is 6.25. The van der Waals surface area contributed by atoms with E-state index in [9.17, 15) is 9.18 Å². The molecule has 20 heavy (non-hydrogen) atoms. The number of nitrogens with zero attached hydrogens (tertiary/aromatic N) is 1. The van der Waals surface area contributed by atoms with Crippen LogP contribution < -0.4 is 10.6 Å². The highest BCUT2D eigenvalue weighted by molar-refractivity contribution is 7.09. The summed E-state index contributed by atoms with van der Waals surface area (Å²) in [5, 5.41) is 8.74. The van der Waals surface area contributed by atoms with Gasteiger partial charge in [-0.2, -0.15) is 0 Å². The molecule has 1 aromatic heterocycles. The first-order chi connectivity index (χ1) is 9.54. The third-order valence-corrected chi connectivity index (χ3v) is 3.85. The summed E-state index contributed by atoms with van der Waals surface area (Å²) in [6, 6.07) is 5.70. The minimum absolute atomic E-state index is 0.0210. The number of hydrogen-bond donors (Lipinski definition) is 2. The molecule has 0 fully saturated rings. The fourth-order valence-corrected chi connectivity index (χ4v) is 2.47. The van der Waals surface area contributed by atoms with E-state index in [1.165, 1.54) is 24.3 Å². The van der Waals surface area contributed by atoms with Gasteiger partial charge in [-0.15, -0.1) is 11.3 Å². The van der Waals surface area contributed by atoms with Crippen molar-refractivity contribution in [2.75, 3.05) is 11.9 Å². The zero-order valence-electron chi connectivity index (χ0n) is 11.3. The summed E-state index contributed by atoms with van der Waals surface area (Å²) in [6.07, 6.45) is 0. The number of halogens is 1. The zero-order chi connectivity index (χ0) is 14.5. The van der Waals surface area contributed by atoms with Crippen molar-refractivity contribution in [3.8, 4) is 0 Å². The van der Waals surface area contributed by atoms with Gasteiger partial charge in [-0.1, -0.05) is 0 Å². The smallest absolute Gasteiger partial charge is 0.238 e. The van der Waals surface area contributed by atoms with Crippen molar-refractivity contribution in [1.82, 2.24) is 10.3 Å². The fraction of sp³-hybridized carbons (Fsp3) is 0.286. The third-order valence-electron chi connectivity index (χ3n) is 2.70. The first-order valence-corrected chi connectivity index (χ1v) is 7.13. The third kappa shape index (κ3) is 4.11. The highest BCUT2D eigenvalue weighted by Crippen LogP contribution is 2.17. The molecular formula is C14H16FN3OS. The minimum atomic E-state index is -0.325. The van der Waals surface area contributed by atoms with E-state index in [1.54, 1.807) is 11.3 Å². The number of aryl methyl sites for hydroxylation is 1. The molecule has 1 amide bonds. The summed E-state index contributed by atoms with van der Waals surface area (Å²) in [5.74, 6) is -0.495. The summed E-state index contributed by atoms with van der Waals surface area (Å²) in [4.78, 5) is 16.1. The number of aromatic nitrogens is 1. The topological polar surface area (TPSA) is 54.0 Å². The molecule has 1 atom stereocenters. The van der Waals surface area contributed by atoms with E-state index in [1.807, 2.05) is 19.2 Å². The molecule has 1 heterocycles. The van der Waals surface area contributed by atoms with Crippen LogP contribution in [0, 0.1) is 12.7 Å². The summed E-state index contributed by atoms with van der Waals surface area (Å²) in [6.45, 7) is 4.08. The molecule has 1 unspecified atom stereocenters. The number of amides is 1. The number of carbonyl (C=O) groups excluding carboxylic acids is 1. The fourth-order valence-electron chi connectivity index (χ4n) is 1.64. The average Bonchev–Trinajstić information content (AvgIpc) is 2.85. The van der Waals surface area contributed by atoms with Crippen LogP contribution in [-0.4, -0.2) is 17.4 Å². The van der Waals surface area contributed by atoms with Crippen molar-refractivity contribution in [2.24, 2.45) is 0 Å². The number of hydrogen-bond acceptors (Lipinski definition) is 4. The maximum absolute atomic E-state index is 12.7. The van der Waals surface area contributed by atoms with Crippen LogP contribution in [0.4, 0.5) is 10.1 Å². The second kappa shape index (κ2) is 6.58. The van der Waals surface area contributed by atoms with Gasteiger partial charge in [0.05, 0.1) is 12.6 Å². The molecule has 2 rings (SSSR count). The SMILES string of the molecule is Cc1csc(C(C)NCC(=O)Nc2ccc(F)cc2)n1. The monoisotopic (exact) mass is 293 g/mol. The highest BCUT2D eigenvalue weighted by Gasteiger charge is 2.10. The maximum Gasteiger partial charge on any atom is 0.238 e. The van der Waals surface area contributed by atoms with Gasteiger partial charge in [0.1, 0.15) is 10.8 Å². The number of nitrogens with one attached hydrogen (secondary N) is 2. The maximum atomic E-state index is 12.7. The number of thiazole rings is 1. The van der Waals surface area contributed by atoms with E-state index in [2.05, 4.69) is 15.6 Å². The van der Waals surface area contributed by atoms with Gasteiger partial charge in [0, 0.05) is 16.8 Å². The van der Waals surface area contributed by atoms with Gasteiger partial charge in [-0.3, -0.25) is 10.1 Å². The molecule has 2 aromatic rings. The Labute approximate surface area is 121 Å². The molecular weight excluding hydrogens is 277 g/mol. The highest BCUT2D eigenvalue weighted by atomic mass is 32.1. The van der Waals surface area contributed by atoms with Gasteiger partial charge >= 0.3 is 0 Å². The van der Waals surface area contributed by atoms with E-state index in [4.69, 9.17) is 0 Å². The Morgan fingerprint density at radius 2 is 2.10 bits per heavy atom. The second-order valence-corrected chi connectivity index (χ2v) is 5.37. The molecule has 0 aliphatic heterocycles. The van der Waals surface area contributed by atoms with Crippen LogP contribution in [0.3, 0.4) is 0 Å². The number of rotatable bonds is 5. The molecule has 0 spiro atoms. The predicted molar refractivity (Wildman–Crippen MR) is 78.3 cm³/mol. The number of benzene rings is 1. The van der Waals surface area contributed by atoms with E-state index in [0.717, 1.165) is 10.7 Å². The summed E-state index contributed by atoms with van der Waals surface area (Å²) in [7, 11) is 0. The van der Waals surface area contributed by atoms with E-state index < -0.39 is 0 Å². The lowest BCUT2D eigenvalue weighted by molar-refractivity contribution is -0.115. The second-order valence-electron chi connectivity index (χ2n) is 4.48. The Hall–Kier alpha value is -1.79. The standard InChI is InChI=1S/C14H16FN3OS/c1-9-8-20-14(17-9)10(2)16-7-13(19)18-12-5-3-11(15)4-6-12/h3-6,8,10,16H,7H2,1-2H3,(H,18,19). The van der Waals surface area contributed by atoms with Gasteiger partial charge in [-0.25, -0.2) is 9.37 Å². The molecule has 1 aromatic carbocycles. The first kappa shape index (κ1) is 14.6. The molecule has 0 saturated heterocycles. The van der Waals surface area contributed by atoms with Gasteiger partial charge in [-0.05, 0) is 38.1 Å². The van der Waals surface area contributed by atoms with Gasteiger partial charge in [0.25, 0.3) is 0 Å². The van der Waals surface area contributed by atoms with Crippen LogP contribution in [0.5, 0.6) is 0 Å². The van der Waals surface area contributed by atoms with Crippen LogP contribution in [0.1, 0.15) is 23.7 Å². The van der Waals surface area contributed by atoms with Crippen molar-refractivity contribution < 1.29 is 9.18 Å². The Morgan fingerprint density at radius 1 is 1.40 bits per heavy atom. The molecule has 6 heteroatoms. The zero-order valence-corrected chi connectivity index (χ0v) is 12.1. The van der Waals surface area contributed by atoms with Gasteiger partial charge in [0.2, 0.25) is 5.91 Å². The molecule has 0 aliphatic rings. The molecule has 4 nitrogen and oxygen atoms in total. The summed E-state index contributed by atoms with van der Waals surface area (Å²) in [5.41, 5.74) is 1.56. The normalized spacial score (nSPS) is 12.2. The van der Waals surface area contributed by atoms with E-state index >= 15 is 0 Å². The van der Waals surface area contributed by atoms with Crippen molar-refractivity contribution in [3.63, 3.8) is 0 Å². The summed E-state index contributed by atoms with van der Waals surface area (Å²) < 4.78 is 12.7. The van der Waals surface area contributed by atoms with E-state index in [0.29, 0.717) is 5.69 Å². The van der Waals surface area contributed by atoms with Crippen LogP contribution in [0.25, 0.3) is 0 Å². The van der Waals surface area contributed by atoms with Crippen LogP contribution in [0.15, 0.2) is 29.6 Å². The Kier molecular flexibility index (Phi) is 4.81. The van der Waals surface area contributed by atoms with Gasteiger partial charge < -0.3 is 5.32 Å². The summed E-state index contributed by atoms with van der Waals surface area (Å²) >= 11 is 1.57. The average molecular weight is 293 g/mol. The van der Waals surface area contributed by atoms with Crippen molar-refractivity contribution in [2.45, 2.75) is 19.9 Å². The molecule has 106 valence electrons. The lowest BCUT2D eigenvalue weighted by Gasteiger charge is -2.11.